The number of alkyl halides is 3. The Bertz CT molecular complexity index is 1220. The van der Waals surface area contributed by atoms with E-state index in [1.807, 2.05) is 0 Å². The zero-order valence-electron chi connectivity index (χ0n) is 17.1. The van der Waals surface area contributed by atoms with Gasteiger partial charge in [0.05, 0.1) is 22.2 Å². The molecule has 2 unspecified atom stereocenters. The number of nitrogens with zero attached hydrogens (tertiary/aromatic N) is 2. The maximum atomic E-state index is 14.2. The summed E-state index contributed by atoms with van der Waals surface area (Å²) < 4.78 is 56.9. The third-order valence-corrected chi connectivity index (χ3v) is 6.38. The van der Waals surface area contributed by atoms with E-state index in [2.05, 4.69) is 31.6 Å². The summed E-state index contributed by atoms with van der Waals surface area (Å²) >= 11 is 14.6. The fourth-order valence-electron chi connectivity index (χ4n) is 3.59. The second kappa shape index (κ2) is 9.01. The first-order valence-corrected chi connectivity index (χ1v) is 11.2. The molecule has 0 aliphatic carbocycles. The van der Waals surface area contributed by atoms with Crippen LogP contribution in [0, 0.1) is 12.7 Å². The molecule has 13 heteroatoms. The fourth-order valence-corrected chi connectivity index (χ4v) is 4.46. The lowest BCUT2D eigenvalue weighted by molar-refractivity contribution is -0.275. The summed E-state index contributed by atoms with van der Waals surface area (Å²) in [5.74, 6) is -1.47. The highest BCUT2D eigenvalue weighted by molar-refractivity contribution is 9.18. The first-order chi connectivity index (χ1) is 15.9. The number of hydrogen-bond donors (Lipinski definition) is 1. The van der Waals surface area contributed by atoms with Gasteiger partial charge in [-0.3, -0.25) is 4.79 Å². The highest BCUT2D eigenvalue weighted by atomic mass is 79.9. The molecule has 1 amide bonds. The zero-order chi connectivity index (χ0) is 24.8. The predicted molar refractivity (Wildman–Crippen MR) is 121 cm³/mol. The zero-order valence-corrected chi connectivity index (χ0v) is 20.2. The Labute approximate surface area is 209 Å². The van der Waals surface area contributed by atoms with Crippen LogP contribution in [0.25, 0.3) is 0 Å². The van der Waals surface area contributed by atoms with Crippen molar-refractivity contribution in [3.05, 3.63) is 68.4 Å². The van der Waals surface area contributed by atoms with Crippen molar-refractivity contribution in [3.8, 4) is 0 Å². The van der Waals surface area contributed by atoms with E-state index in [4.69, 9.17) is 32.9 Å². The van der Waals surface area contributed by atoms with Crippen LogP contribution in [0.1, 0.15) is 39.9 Å². The van der Waals surface area contributed by atoms with Crippen LogP contribution in [-0.2, 0) is 15.3 Å². The number of amides is 1. The van der Waals surface area contributed by atoms with Gasteiger partial charge in [-0.1, -0.05) is 39.6 Å². The van der Waals surface area contributed by atoms with Gasteiger partial charge in [-0.15, -0.1) is 0 Å². The van der Waals surface area contributed by atoms with E-state index in [-0.39, 0.29) is 5.71 Å². The van der Waals surface area contributed by atoms with E-state index in [1.54, 1.807) is 6.92 Å². The Balaban J connectivity index is 1.59. The van der Waals surface area contributed by atoms with Crippen molar-refractivity contribution < 1.29 is 32.0 Å². The first-order valence-electron chi connectivity index (χ1n) is 9.68. The molecule has 2 heterocycles. The van der Waals surface area contributed by atoms with Crippen molar-refractivity contribution in [2.45, 2.75) is 37.8 Å². The number of hydrogen-bond acceptors (Lipinski definition) is 5. The Morgan fingerprint density at radius 1 is 1.21 bits per heavy atom. The second-order valence-electron chi connectivity index (χ2n) is 7.65. The third-order valence-electron chi connectivity index (χ3n) is 5.37. The quantitative estimate of drug-likeness (QED) is 0.344. The van der Waals surface area contributed by atoms with Gasteiger partial charge in [0.15, 0.2) is 5.82 Å². The van der Waals surface area contributed by atoms with Crippen LogP contribution in [-0.4, -0.2) is 28.6 Å². The van der Waals surface area contributed by atoms with Crippen LogP contribution in [0.15, 0.2) is 40.6 Å². The Morgan fingerprint density at radius 2 is 1.88 bits per heavy atom. The SMILES string of the molecule is Cc1cc(C2=NOC(c3cc(Cl)c(F)c(Cl)c3)(C(F)(F)F)C2)ccc1C(=O)NC1CC(Br)=NO1. The molecule has 2 atom stereocenters. The van der Waals surface area contributed by atoms with Gasteiger partial charge in [0, 0.05) is 17.5 Å². The summed E-state index contributed by atoms with van der Waals surface area (Å²) in [6, 6.07) is 6.09. The topological polar surface area (TPSA) is 72.3 Å². The smallest absolute Gasteiger partial charge is 0.374 e. The summed E-state index contributed by atoms with van der Waals surface area (Å²) in [4.78, 5) is 22.5. The lowest BCUT2D eigenvalue weighted by atomic mass is 9.86. The molecule has 34 heavy (non-hydrogen) atoms. The number of rotatable bonds is 4. The number of carbonyl (C=O) groups excluding carboxylic acids is 1. The van der Waals surface area contributed by atoms with Crippen LogP contribution >= 0.6 is 39.1 Å². The Hall–Kier alpha value is -2.37. The van der Waals surface area contributed by atoms with Crippen molar-refractivity contribution in [2.24, 2.45) is 10.3 Å². The first kappa shape index (κ1) is 24.7. The molecule has 0 saturated heterocycles. The highest BCUT2D eigenvalue weighted by Gasteiger charge is 2.62. The minimum Gasteiger partial charge on any atom is -0.374 e. The number of nitrogens with one attached hydrogen (secondary N) is 1. The minimum atomic E-state index is -4.92. The van der Waals surface area contributed by atoms with Crippen LogP contribution in [0.4, 0.5) is 17.6 Å². The molecular formula is C21H14BrCl2F4N3O3. The Kier molecular flexibility index (Phi) is 6.56. The monoisotopic (exact) mass is 581 g/mol. The fraction of sp³-hybridized carbons (Fsp3) is 0.286. The van der Waals surface area contributed by atoms with Crippen LogP contribution in [0.5, 0.6) is 0 Å². The molecule has 0 radical (unpaired) electrons. The molecule has 2 aromatic rings. The lowest BCUT2D eigenvalue weighted by Gasteiger charge is -2.29. The second-order valence-corrected chi connectivity index (χ2v) is 9.38. The molecule has 180 valence electrons. The third kappa shape index (κ3) is 4.48. The van der Waals surface area contributed by atoms with Gasteiger partial charge in [0.1, 0.15) is 4.62 Å². The predicted octanol–water partition coefficient (Wildman–Crippen LogP) is 6.21. The molecule has 0 fully saturated rings. The van der Waals surface area contributed by atoms with E-state index in [0.29, 0.717) is 27.7 Å². The average molecular weight is 583 g/mol. The van der Waals surface area contributed by atoms with Crippen molar-refractivity contribution in [1.29, 1.82) is 0 Å². The summed E-state index contributed by atoms with van der Waals surface area (Å²) in [6.45, 7) is 1.63. The van der Waals surface area contributed by atoms with Gasteiger partial charge >= 0.3 is 6.18 Å². The van der Waals surface area contributed by atoms with Gasteiger partial charge in [-0.05, 0) is 58.2 Å². The van der Waals surface area contributed by atoms with Gasteiger partial charge in [0.25, 0.3) is 11.5 Å². The van der Waals surface area contributed by atoms with E-state index < -0.39 is 51.8 Å². The summed E-state index contributed by atoms with van der Waals surface area (Å²) in [5.41, 5.74) is -2.28. The molecule has 1 N–H and O–H groups in total. The molecule has 0 aromatic heterocycles. The molecule has 6 nitrogen and oxygen atoms in total. The average Bonchev–Trinajstić information content (AvgIpc) is 3.38. The van der Waals surface area contributed by atoms with Crippen molar-refractivity contribution in [3.63, 3.8) is 0 Å². The van der Waals surface area contributed by atoms with E-state index >= 15 is 0 Å². The maximum Gasteiger partial charge on any atom is 0.435 e. The van der Waals surface area contributed by atoms with Crippen LogP contribution in [0.3, 0.4) is 0 Å². The standard InChI is InChI=1S/C21H14BrCl2F4N3O3/c1-9-4-10(2-3-12(9)19(32)29-17-7-16(22)31-33-17)15-8-20(34-30-15,21(26,27)28)11-5-13(23)18(25)14(24)6-11/h2-6,17H,7-8H2,1H3,(H,29,32). The summed E-state index contributed by atoms with van der Waals surface area (Å²) in [5, 5.41) is 8.87. The maximum absolute atomic E-state index is 14.2. The van der Waals surface area contributed by atoms with Gasteiger partial charge < -0.3 is 15.0 Å². The van der Waals surface area contributed by atoms with E-state index in [1.165, 1.54) is 18.2 Å². The molecule has 0 saturated carbocycles. The van der Waals surface area contributed by atoms with Crippen LogP contribution < -0.4 is 5.32 Å². The molecular weight excluding hydrogens is 569 g/mol. The minimum absolute atomic E-state index is 0.0135. The molecule has 2 aliphatic heterocycles. The number of aryl methyl sites for hydroxylation is 1. The van der Waals surface area contributed by atoms with Crippen molar-refractivity contribution in [2.75, 3.05) is 0 Å². The molecule has 4 rings (SSSR count). The summed E-state index contributed by atoms with van der Waals surface area (Å²) in [6.07, 6.45) is -5.89. The highest BCUT2D eigenvalue weighted by Crippen LogP contribution is 2.50. The number of benzene rings is 2. The van der Waals surface area contributed by atoms with Crippen LogP contribution in [0.2, 0.25) is 10.0 Å². The summed E-state index contributed by atoms with van der Waals surface area (Å²) in [7, 11) is 0. The van der Waals surface area contributed by atoms with Crippen molar-refractivity contribution in [1.82, 2.24) is 5.32 Å². The molecule has 2 aromatic carbocycles. The lowest BCUT2D eigenvalue weighted by Crippen LogP contribution is -2.42. The van der Waals surface area contributed by atoms with E-state index in [9.17, 15) is 22.4 Å². The molecule has 0 spiro atoms. The van der Waals surface area contributed by atoms with Crippen molar-refractivity contribution >= 4 is 55.4 Å². The van der Waals surface area contributed by atoms with Gasteiger partial charge in [-0.2, -0.15) is 13.2 Å². The molecule has 2 aliphatic rings. The largest absolute Gasteiger partial charge is 0.435 e. The van der Waals surface area contributed by atoms with Gasteiger partial charge in [-0.25, -0.2) is 4.39 Å². The molecule has 0 bridgehead atoms. The Morgan fingerprint density at radius 3 is 2.44 bits per heavy atom. The number of carbonyl (C=O) groups is 1. The van der Waals surface area contributed by atoms with Gasteiger partial charge in [0.2, 0.25) is 6.23 Å². The van der Waals surface area contributed by atoms with E-state index in [0.717, 1.165) is 12.1 Å². The number of oxime groups is 2. The normalized spacial score (nSPS) is 22.1. The number of halogens is 7.